The molecule has 0 spiro atoms. The fourth-order valence-electron chi connectivity index (χ4n) is 6.35. The zero-order valence-electron chi connectivity index (χ0n) is 23.9. The average molecular weight is 585 g/mol. The number of ether oxygens (including phenoxy) is 2. The van der Waals surface area contributed by atoms with E-state index < -0.39 is 6.43 Å². The maximum atomic E-state index is 14.3. The van der Waals surface area contributed by atoms with Crippen LogP contribution in [0.25, 0.3) is 0 Å². The number of amidine groups is 1. The molecule has 1 aliphatic carbocycles. The van der Waals surface area contributed by atoms with E-state index in [0.29, 0.717) is 75.0 Å². The minimum absolute atomic E-state index is 0.0580. The molecule has 2 aromatic rings. The summed E-state index contributed by atoms with van der Waals surface area (Å²) in [6.07, 6.45) is 4.39. The number of aromatic nitrogens is 3. The summed E-state index contributed by atoms with van der Waals surface area (Å²) in [5.41, 5.74) is 0.527. The lowest BCUT2D eigenvalue weighted by Crippen LogP contribution is -2.43. The van der Waals surface area contributed by atoms with Crippen LogP contribution in [0.1, 0.15) is 48.9 Å². The molecule has 42 heavy (non-hydrogen) atoms. The van der Waals surface area contributed by atoms with Gasteiger partial charge in [0.25, 0.3) is 12.3 Å². The molecule has 1 N–H and O–H groups in total. The van der Waals surface area contributed by atoms with Crippen molar-refractivity contribution in [2.75, 3.05) is 68.2 Å². The minimum Gasteiger partial charge on any atom is -0.481 e. The number of rotatable bonds is 8. The molecule has 3 fully saturated rings. The zero-order chi connectivity index (χ0) is 29.1. The number of alkyl halides is 2. The smallest absolute Gasteiger partial charge is 0.295 e. The van der Waals surface area contributed by atoms with Crippen LogP contribution in [-0.2, 0) is 4.74 Å². The Balaban J connectivity index is 1.19. The van der Waals surface area contributed by atoms with Crippen molar-refractivity contribution >= 4 is 29.3 Å². The number of halogens is 2. The van der Waals surface area contributed by atoms with Gasteiger partial charge in [0.2, 0.25) is 11.8 Å². The Labute approximate surface area is 244 Å². The van der Waals surface area contributed by atoms with Crippen LogP contribution in [0.15, 0.2) is 29.4 Å². The van der Waals surface area contributed by atoms with Crippen LogP contribution in [0.3, 0.4) is 0 Å². The Kier molecular flexibility index (Phi) is 8.63. The summed E-state index contributed by atoms with van der Waals surface area (Å²) in [5, 5.41) is 3.44. The molecule has 13 heteroatoms. The van der Waals surface area contributed by atoms with Gasteiger partial charge in [-0.1, -0.05) is 19.3 Å². The third kappa shape index (κ3) is 6.11. The molecule has 5 heterocycles. The summed E-state index contributed by atoms with van der Waals surface area (Å²) in [6.45, 7) is 4.22. The van der Waals surface area contributed by atoms with Crippen molar-refractivity contribution in [3.8, 4) is 5.88 Å². The Hall–Kier alpha value is -3.61. The van der Waals surface area contributed by atoms with E-state index in [1.54, 1.807) is 23.1 Å². The van der Waals surface area contributed by atoms with Crippen LogP contribution >= 0.6 is 0 Å². The summed E-state index contributed by atoms with van der Waals surface area (Å²) >= 11 is 0. The van der Waals surface area contributed by atoms with Gasteiger partial charge >= 0.3 is 0 Å². The van der Waals surface area contributed by atoms with Gasteiger partial charge < -0.3 is 29.5 Å². The van der Waals surface area contributed by atoms with Crippen molar-refractivity contribution in [3.63, 3.8) is 0 Å². The average Bonchev–Trinajstić information content (AvgIpc) is 3.58. The standard InChI is InChI=1S/C29H38F2N8O3/c1-41-25-8-7-20(17-33-25)28(40)38-10-9-19(18-38)16-32-23-15-24(36-29(35-23)37-11-13-42-14-12-37)39-22-6-4-2-3-5-21(22)34-27(39)26(30)31/h7-8,15,17,19,21-22,26H,2-6,9-14,16,18H2,1H3,(H,32,35,36)/t19-,21?,22?/m1/s1. The van der Waals surface area contributed by atoms with Gasteiger partial charge in [-0.2, -0.15) is 9.97 Å². The van der Waals surface area contributed by atoms with Crippen molar-refractivity contribution in [2.24, 2.45) is 10.9 Å². The van der Waals surface area contributed by atoms with Gasteiger partial charge in [0.15, 0.2) is 5.84 Å². The van der Waals surface area contributed by atoms with Gasteiger partial charge in [-0.15, -0.1) is 0 Å². The second kappa shape index (κ2) is 12.7. The fourth-order valence-corrected chi connectivity index (χ4v) is 6.35. The number of methoxy groups -OCH3 is 1. The fraction of sp³-hybridized carbons (Fsp3) is 0.621. The van der Waals surface area contributed by atoms with Crippen molar-refractivity contribution < 1.29 is 23.0 Å². The highest BCUT2D eigenvalue weighted by atomic mass is 19.3. The molecule has 11 nitrogen and oxygen atoms in total. The molecule has 4 aliphatic rings. The molecule has 2 aromatic heterocycles. The maximum Gasteiger partial charge on any atom is 0.295 e. The van der Waals surface area contributed by atoms with Crippen molar-refractivity contribution in [1.82, 2.24) is 19.9 Å². The molecule has 0 aromatic carbocycles. The van der Waals surface area contributed by atoms with Crippen LogP contribution in [0.2, 0.25) is 0 Å². The summed E-state index contributed by atoms with van der Waals surface area (Å²) in [6, 6.07) is 4.92. The van der Waals surface area contributed by atoms with Gasteiger partial charge in [-0.3, -0.25) is 9.79 Å². The number of morpholine rings is 1. The van der Waals surface area contributed by atoms with E-state index in [9.17, 15) is 13.6 Å². The molecule has 1 amide bonds. The number of nitrogens with one attached hydrogen (secondary N) is 1. The molecular formula is C29H38F2N8O3. The van der Waals surface area contributed by atoms with Gasteiger partial charge in [0.05, 0.1) is 38.0 Å². The first kappa shape index (κ1) is 28.5. The van der Waals surface area contributed by atoms with E-state index in [1.807, 2.05) is 9.80 Å². The maximum absolute atomic E-state index is 14.3. The van der Waals surface area contributed by atoms with Crippen molar-refractivity contribution in [1.29, 1.82) is 0 Å². The number of likely N-dealkylation sites (tertiary alicyclic amines) is 1. The highest BCUT2D eigenvalue weighted by Gasteiger charge is 2.42. The number of nitrogens with zero attached hydrogens (tertiary/aromatic N) is 7. The van der Waals surface area contributed by atoms with Crippen LogP contribution < -0.4 is 19.9 Å². The Morgan fingerprint density at radius 2 is 1.95 bits per heavy atom. The van der Waals surface area contributed by atoms with E-state index in [0.717, 1.165) is 38.5 Å². The minimum atomic E-state index is -2.68. The van der Waals surface area contributed by atoms with E-state index in [2.05, 4.69) is 15.3 Å². The van der Waals surface area contributed by atoms with E-state index >= 15 is 0 Å². The second-order valence-corrected chi connectivity index (χ2v) is 11.3. The first-order valence-electron chi connectivity index (χ1n) is 14.9. The summed E-state index contributed by atoms with van der Waals surface area (Å²) in [4.78, 5) is 36.8. The predicted molar refractivity (Wildman–Crippen MR) is 155 cm³/mol. The highest BCUT2D eigenvalue weighted by molar-refractivity contribution is 6.02. The number of hydrogen-bond acceptors (Lipinski definition) is 10. The molecule has 2 saturated heterocycles. The molecule has 0 radical (unpaired) electrons. The number of amides is 1. The summed E-state index contributed by atoms with van der Waals surface area (Å²) in [5.74, 6) is 1.96. The first-order valence-corrected chi connectivity index (χ1v) is 14.9. The predicted octanol–water partition coefficient (Wildman–Crippen LogP) is 3.48. The van der Waals surface area contributed by atoms with Crippen LogP contribution in [0.4, 0.5) is 26.4 Å². The number of hydrogen-bond donors (Lipinski definition) is 1. The number of carbonyl (C=O) groups is 1. The third-order valence-electron chi connectivity index (χ3n) is 8.59. The van der Waals surface area contributed by atoms with Crippen molar-refractivity contribution in [2.45, 2.75) is 57.0 Å². The van der Waals surface area contributed by atoms with Gasteiger partial charge in [0.1, 0.15) is 11.6 Å². The summed E-state index contributed by atoms with van der Waals surface area (Å²) < 4.78 is 39.2. The number of anilines is 3. The number of pyridine rings is 1. The van der Waals surface area contributed by atoms with Gasteiger partial charge in [-0.25, -0.2) is 13.8 Å². The molecule has 1 saturated carbocycles. The van der Waals surface area contributed by atoms with Gasteiger partial charge in [-0.05, 0) is 31.2 Å². The quantitative estimate of drug-likeness (QED) is 0.499. The van der Waals surface area contributed by atoms with E-state index in [-0.39, 0.29) is 29.7 Å². The molecular weight excluding hydrogens is 546 g/mol. The molecule has 3 aliphatic heterocycles. The SMILES string of the molecule is COc1ccc(C(=O)N2CC[C@H](CNc3cc(N4C(C(F)F)=NC5CCCCCC54)nc(N4CCOCC4)n3)C2)cn1. The summed E-state index contributed by atoms with van der Waals surface area (Å²) in [7, 11) is 1.54. The van der Waals surface area contributed by atoms with Crippen LogP contribution in [0.5, 0.6) is 5.88 Å². The molecule has 2 unspecified atom stereocenters. The monoisotopic (exact) mass is 584 g/mol. The topological polar surface area (TPSA) is 108 Å². The molecule has 226 valence electrons. The van der Waals surface area contributed by atoms with Gasteiger partial charge in [0, 0.05) is 51.1 Å². The lowest BCUT2D eigenvalue weighted by Gasteiger charge is -2.31. The Morgan fingerprint density at radius 1 is 1.12 bits per heavy atom. The number of aliphatic imine (C=N–C) groups is 1. The number of fused-ring (bicyclic) bond motifs is 1. The second-order valence-electron chi connectivity index (χ2n) is 11.3. The Morgan fingerprint density at radius 3 is 2.71 bits per heavy atom. The molecule has 3 atom stereocenters. The largest absolute Gasteiger partial charge is 0.481 e. The lowest BCUT2D eigenvalue weighted by atomic mass is 10.0. The Bertz CT molecular complexity index is 1270. The van der Waals surface area contributed by atoms with Crippen LogP contribution in [-0.4, -0.2) is 103 Å². The lowest BCUT2D eigenvalue weighted by molar-refractivity contribution is 0.0787. The normalized spacial score (nSPS) is 24.4. The highest BCUT2D eigenvalue weighted by Crippen LogP contribution is 2.36. The molecule has 6 rings (SSSR count). The van der Waals surface area contributed by atoms with Crippen molar-refractivity contribution in [3.05, 3.63) is 30.0 Å². The first-order chi connectivity index (χ1) is 20.5. The van der Waals surface area contributed by atoms with Crippen LogP contribution in [0, 0.1) is 5.92 Å². The van der Waals surface area contributed by atoms with E-state index in [1.165, 1.54) is 13.3 Å². The number of carbonyl (C=O) groups excluding carboxylic acids is 1. The zero-order valence-corrected chi connectivity index (χ0v) is 23.9. The third-order valence-corrected chi connectivity index (χ3v) is 8.59. The molecule has 0 bridgehead atoms. The van der Waals surface area contributed by atoms with E-state index in [4.69, 9.17) is 19.4 Å².